The van der Waals surface area contributed by atoms with Crippen molar-refractivity contribution in [2.24, 2.45) is 7.05 Å². The third-order valence-electron chi connectivity index (χ3n) is 8.20. The molecular formula is C35H36N6O. The van der Waals surface area contributed by atoms with Crippen LogP contribution >= 0.6 is 0 Å². The van der Waals surface area contributed by atoms with E-state index in [9.17, 15) is 4.79 Å². The van der Waals surface area contributed by atoms with Crippen molar-refractivity contribution in [2.45, 2.75) is 38.5 Å². The van der Waals surface area contributed by atoms with Gasteiger partial charge in [-0.25, -0.2) is 9.97 Å². The third-order valence-corrected chi connectivity index (χ3v) is 8.20. The van der Waals surface area contributed by atoms with E-state index in [1.807, 2.05) is 49.9 Å². The summed E-state index contributed by atoms with van der Waals surface area (Å²) in [6.07, 6.45) is 10.7. The SMILES string of the molecule is Cc1ccc(CC(=O)c2ccc(C3CCCN(C)C3)cc2)cc1Cc1nccc(-c2cncc(-c3ccn(C)n3)c2)n1. The van der Waals surface area contributed by atoms with Crippen LogP contribution in [-0.4, -0.2) is 55.6 Å². The number of aryl methyl sites for hydroxylation is 2. The molecule has 0 spiro atoms. The Morgan fingerprint density at radius 2 is 1.76 bits per heavy atom. The van der Waals surface area contributed by atoms with Crippen molar-refractivity contribution in [3.8, 4) is 22.5 Å². The van der Waals surface area contributed by atoms with Gasteiger partial charge in [0.25, 0.3) is 0 Å². The van der Waals surface area contributed by atoms with Crippen molar-refractivity contribution in [2.75, 3.05) is 20.1 Å². The van der Waals surface area contributed by atoms with Gasteiger partial charge in [0.2, 0.25) is 0 Å². The van der Waals surface area contributed by atoms with E-state index in [0.717, 1.165) is 57.1 Å². The highest BCUT2D eigenvalue weighted by molar-refractivity contribution is 5.97. The lowest BCUT2D eigenvalue weighted by molar-refractivity contribution is 0.0993. The number of nitrogens with zero attached hydrogens (tertiary/aromatic N) is 6. The van der Waals surface area contributed by atoms with Gasteiger partial charge in [0.15, 0.2) is 5.78 Å². The number of ketones is 1. The van der Waals surface area contributed by atoms with E-state index in [1.165, 1.54) is 24.9 Å². The Labute approximate surface area is 247 Å². The molecule has 3 aromatic heterocycles. The van der Waals surface area contributed by atoms with Gasteiger partial charge in [0.1, 0.15) is 5.82 Å². The summed E-state index contributed by atoms with van der Waals surface area (Å²) in [5.74, 6) is 1.41. The second-order valence-corrected chi connectivity index (χ2v) is 11.5. The predicted octanol–water partition coefficient (Wildman–Crippen LogP) is 6.07. The van der Waals surface area contributed by atoms with Crippen LogP contribution in [0.1, 0.15) is 57.2 Å². The minimum Gasteiger partial charge on any atom is -0.306 e. The molecule has 1 unspecified atom stereocenters. The Kier molecular flexibility index (Phi) is 8.02. The van der Waals surface area contributed by atoms with Gasteiger partial charge in [-0.3, -0.25) is 14.5 Å². The van der Waals surface area contributed by atoms with Gasteiger partial charge in [-0.2, -0.15) is 5.10 Å². The monoisotopic (exact) mass is 556 g/mol. The summed E-state index contributed by atoms with van der Waals surface area (Å²) < 4.78 is 1.78. The molecule has 0 radical (unpaired) electrons. The summed E-state index contributed by atoms with van der Waals surface area (Å²) >= 11 is 0. The number of likely N-dealkylation sites (tertiary alicyclic amines) is 1. The van der Waals surface area contributed by atoms with Crippen LogP contribution in [0.5, 0.6) is 0 Å². The minimum absolute atomic E-state index is 0.135. The van der Waals surface area contributed by atoms with Gasteiger partial charge in [-0.1, -0.05) is 42.5 Å². The molecule has 0 N–H and O–H groups in total. The standard InChI is InChI=1S/C35H36N6O/c1-24-6-7-25(18-34(42)27-10-8-26(9-11-27)28-5-4-15-40(2)23-28)17-29(24)20-35-37-14-12-32(38-35)30-19-31(22-36-21-30)33-13-16-41(3)39-33/h6-14,16-17,19,21-22,28H,4-5,15,18,20,23H2,1-3H3. The Morgan fingerprint density at radius 3 is 2.52 bits per heavy atom. The molecular weight excluding hydrogens is 520 g/mol. The fraction of sp³-hybridized carbons (Fsp3) is 0.286. The quantitative estimate of drug-likeness (QED) is 0.216. The number of hydrogen-bond acceptors (Lipinski definition) is 6. The summed E-state index contributed by atoms with van der Waals surface area (Å²) in [5, 5.41) is 4.49. The second-order valence-electron chi connectivity index (χ2n) is 11.5. The van der Waals surface area contributed by atoms with E-state index < -0.39 is 0 Å². The molecule has 6 rings (SSSR count). The number of piperidine rings is 1. The average Bonchev–Trinajstić information content (AvgIpc) is 3.45. The fourth-order valence-corrected chi connectivity index (χ4v) is 5.80. The molecule has 1 atom stereocenters. The maximum atomic E-state index is 13.2. The van der Waals surface area contributed by atoms with E-state index in [-0.39, 0.29) is 5.78 Å². The molecule has 4 heterocycles. The number of carbonyl (C=O) groups is 1. The summed E-state index contributed by atoms with van der Waals surface area (Å²) in [7, 11) is 4.08. The molecule has 0 saturated carbocycles. The Hall–Kier alpha value is -4.49. The number of hydrogen-bond donors (Lipinski definition) is 0. The summed E-state index contributed by atoms with van der Waals surface area (Å²) in [6, 6.07) is 20.5. The van der Waals surface area contributed by atoms with E-state index in [2.05, 4.69) is 70.3 Å². The molecule has 1 aliphatic rings. The fourth-order valence-electron chi connectivity index (χ4n) is 5.80. The molecule has 2 aromatic carbocycles. The first-order chi connectivity index (χ1) is 20.4. The van der Waals surface area contributed by atoms with Crippen molar-refractivity contribution in [3.05, 3.63) is 119 Å². The molecule has 1 aliphatic heterocycles. The summed E-state index contributed by atoms with van der Waals surface area (Å²) in [4.78, 5) is 29.4. The van der Waals surface area contributed by atoms with Crippen molar-refractivity contribution in [1.29, 1.82) is 0 Å². The lowest BCUT2D eigenvalue weighted by atomic mass is 9.89. The minimum atomic E-state index is 0.135. The number of Topliss-reactive ketones (excluding diaryl/α,β-unsaturated/α-hetero) is 1. The predicted molar refractivity (Wildman–Crippen MR) is 165 cm³/mol. The van der Waals surface area contributed by atoms with Crippen LogP contribution in [-0.2, 0) is 19.9 Å². The van der Waals surface area contributed by atoms with Crippen LogP contribution in [0, 0.1) is 6.92 Å². The van der Waals surface area contributed by atoms with Crippen LogP contribution in [0.4, 0.5) is 0 Å². The van der Waals surface area contributed by atoms with Crippen molar-refractivity contribution >= 4 is 5.78 Å². The zero-order chi connectivity index (χ0) is 29.1. The highest BCUT2D eigenvalue weighted by Crippen LogP contribution is 2.27. The van der Waals surface area contributed by atoms with E-state index in [0.29, 0.717) is 18.8 Å². The van der Waals surface area contributed by atoms with Crippen molar-refractivity contribution in [3.63, 3.8) is 0 Å². The summed E-state index contributed by atoms with van der Waals surface area (Å²) in [5.41, 5.74) is 8.92. The summed E-state index contributed by atoms with van der Waals surface area (Å²) in [6.45, 7) is 4.34. The molecule has 5 aromatic rings. The lowest BCUT2D eigenvalue weighted by Crippen LogP contribution is -2.30. The smallest absolute Gasteiger partial charge is 0.167 e. The molecule has 7 nitrogen and oxygen atoms in total. The van der Waals surface area contributed by atoms with Crippen LogP contribution in [0.25, 0.3) is 22.5 Å². The molecule has 0 aliphatic carbocycles. The van der Waals surface area contributed by atoms with Gasteiger partial charge in [-0.15, -0.1) is 0 Å². The topological polar surface area (TPSA) is 76.8 Å². The maximum Gasteiger partial charge on any atom is 0.167 e. The van der Waals surface area contributed by atoms with Crippen LogP contribution in [0.15, 0.2) is 85.5 Å². The molecule has 42 heavy (non-hydrogen) atoms. The zero-order valence-corrected chi connectivity index (χ0v) is 24.5. The van der Waals surface area contributed by atoms with Crippen LogP contribution < -0.4 is 0 Å². The highest BCUT2D eigenvalue weighted by atomic mass is 16.1. The molecule has 7 heteroatoms. The van der Waals surface area contributed by atoms with Gasteiger partial charge in [-0.05, 0) is 79.7 Å². The molecule has 0 amide bonds. The first-order valence-electron chi connectivity index (χ1n) is 14.6. The third kappa shape index (κ3) is 6.37. The van der Waals surface area contributed by atoms with Gasteiger partial charge in [0.05, 0.1) is 11.4 Å². The molecule has 212 valence electrons. The van der Waals surface area contributed by atoms with E-state index in [1.54, 1.807) is 10.9 Å². The largest absolute Gasteiger partial charge is 0.306 e. The Bertz CT molecular complexity index is 1710. The first kappa shape index (κ1) is 27.7. The number of carbonyl (C=O) groups excluding carboxylic acids is 1. The van der Waals surface area contributed by atoms with E-state index >= 15 is 0 Å². The van der Waals surface area contributed by atoms with E-state index in [4.69, 9.17) is 4.98 Å². The van der Waals surface area contributed by atoms with Crippen LogP contribution in [0.2, 0.25) is 0 Å². The molecule has 0 bridgehead atoms. The molecule has 1 fully saturated rings. The number of pyridine rings is 1. The Morgan fingerprint density at radius 1 is 0.952 bits per heavy atom. The number of aromatic nitrogens is 5. The highest BCUT2D eigenvalue weighted by Gasteiger charge is 2.19. The van der Waals surface area contributed by atoms with Gasteiger partial charge < -0.3 is 4.90 Å². The number of likely N-dealkylation sites (N-methyl/N-ethyl adjacent to an activating group) is 1. The number of rotatable bonds is 8. The maximum absolute atomic E-state index is 13.2. The second kappa shape index (κ2) is 12.2. The van der Waals surface area contributed by atoms with Gasteiger partial charge in [0, 0.05) is 67.9 Å². The van der Waals surface area contributed by atoms with Crippen molar-refractivity contribution in [1.82, 2.24) is 29.6 Å². The lowest BCUT2D eigenvalue weighted by Gasteiger charge is -2.30. The van der Waals surface area contributed by atoms with Gasteiger partial charge >= 0.3 is 0 Å². The zero-order valence-electron chi connectivity index (χ0n) is 24.5. The normalized spacial score (nSPS) is 15.5. The molecule has 1 saturated heterocycles. The van der Waals surface area contributed by atoms with Crippen molar-refractivity contribution < 1.29 is 4.79 Å². The Balaban J connectivity index is 1.15. The van der Waals surface area contributed by atoms with Crippen LogP contribution in [0.3, 0.4) is 0 Å². The average molecular weight is 557 g/mol. The first-order valence-corrected chi connectivity index (χ1v) is 14.6. The number of benzene rings is 2.